The third-order valence-electron chi connectivity index (χ3n) is 5.64. The van der Waals surface area contributed by atoms with E-state index in [-0.39, 0.29) is 12.2 Å². The van der Waals surface area contributed by atoms with Crippen LogP contribution in [0.25, 0.3) is 0 Å². The van der Waals surface area contributed by atoms with Crippen molar-refractivity contribution in [2.45, 2.75) is 32.3 Å². The monoisotopic (exact) mass is 464 g/mol. The van der Waals surface area contributed by atoms with Crippen LogP contribution in [0.15, 0.2) is 42.6 Å². The van der Waals surface area contributed by atoms with Gasteiger partial charge in [-0.3, -0.25) is 4.79 Å². The molecule has 2 aromatic rings. The van der Waals surface area contributed by atoms with Crippen LogP contribution in [0.2, 0.25) is 0 Å². The van der Waals surface area contributed by atoms with E-state index in [9.17, 15) is 22.8 Å². The van der Waals surface area contributed by atoms with Crippen molar-refractivity contribution in [2.75, 3.05) is 36.1 Å². The van der Waals surface area contributed by atoms with Crippen LogP contribution in [0, 0.1) is 0 Å². The molecule has 0 atom stereocenters. The first kappa shape index (κ1) is 22.8. The molecule has 0 spiro atoms. The van der Waals surface area contributed by atoms with Gasteiger partial charge in [-0.2, -0.15) is 0 Å². The van der Waals surface area contributed by atoms with Gasteiger partial charge < -0.3 is 19.3 Å². The SMILES string of the molecule is CC1(C)C(=O)N(c2ccc(OC(F)(F)F)cc2)C(=O)N1Cc1ccnc(N2CCOCC2)c1. The van der Waals surface area contributed by atoms with Crippen LogP contribution in [0.4, 0.5) is 29.5 Å². The van der Waals surface area contributed by atoms with Crippen molar-refractivity contribution in [2.24, 2.45) is 0 Å². The Balaban J connectivity index is 1.54. The number of nitrogens with zero attached hydrogens (tertiary/aromatic N) is 4. The molecule has 33 heavy (non-hydrogen) atoms. The molecule has 2 aliphatic rings. The van der Waals surface area contributed by atoms with Crippen LogP contribution in [0.5, 0.6) is 5.75 Å². The number of benzene rings is 1. The number of ether oxygens (including phenoxy) is 2. The standard InChI is InChI=1S/C22H23F3N4O4/c1-21(2)19(30)29(16-3-5-17(6-4-16)33-22(23,24)25)20(31)28(21)14-15-7-8-26-18(13-15)27-9-11-32-12-10-27/h3-8,13H,9-12,14H2,1-2H3. The molecular formula is C22H23F3N4O4. The summed E-state index contributed by atoms with van der Waals surface area (Å²) in [6.07, 6.45) is -3.17. The molecule has 0 unspecified atom stereocenters. The first-order valence-electron chi connectivity index (χ1n) is 10.4. The zero-order chi connectivity index (χ0) is 23.8. The maximum absolute atomic E-state index is 13.2. The Labute approximate surface area is 188 Å². The van der Waals surface area contributed by atoms with Crippen LogP contribution in [-0.2, 0) is 16.1 Å². The van der Waals surface area contributed by atoms with Gasteiger partial charge in [-0.15, -0.1) is 13.2 Å². The summed E-state index contributed by atoms with van der Waals surface area (Å²) in [6.45, 7) is 6.09. The van der Waals surface area contributed by atoms with Gasteiger partial charge in [-0.25, -0.2) is 14.7 Å². The summed E-state index contributed by atoms with van der Waals surface area (Å²) in [5.74, 6) is -0.142. The van der Waals surface area contributed by atoms with Gasteiger partial charge in [0.1, 0.15) is 17.1 Å². The van der Waals surface area contributed by atoms with Crippen molar-refractivity contribution in [1.82, 2.24) is 9.88 Å². The number of hydrogen-bond acceptors (Lipinski definition) is 6. The minimum Gasteiger partial charge on any atom is -0.406 e. The zero-order valence-corrected chi connectivity index (χ0v) is 18.1. The van der Waals surface area contributed by atoms with Crippen molar-refractivity contribution >= 4 is 23.4 Å². The summed E-state index contributed by atoms with van der Waals surface area (Å²) in [4.78, 5) is 35.2. The molecule has 0 radical (unpaired) electrons. The number of anilines is 2. The third-order valence-corrected chi connectivity index (χ3v) is 5.64. The Morgan fingerprint density at radius 2 is 1.76 bits per heavy atom. The van der Waals surface area contributed by atoms with E-state index in [1.54, 1.807) is 26.1 Å². The van der Waals surface area contributed by atoms with E-state index in [0.717, 1.165) is 28.4 Å². The topological polar surface area (TPSA) is 75.2 Å². The fourth-order valence-corrected chi connectivity index (χ4v) is 3.83. The average molecular weight is 464 g/mol. The number of imide groups is 1. The van der Waals surface area contributed by atoms with Crippen molar-refractivity contribution < 1.29 is 32.2 Å². The second kappa shape index (κ2) is 8.54. The molecule has 3 heterocycles. The maximum atomic E-state index is 13.2. The van der Waals surface area contributed by atoms with E-state index in [1.165, 1.54) is 17.0 Å². The minimum absolute atomic E-state index is 0.166. The Kier molecular flexibility index (Phi) is 5.91. The first-order chi connectivity index (χ1) is 15.6. The summed E-state index contributed by atoms with van der Waals surface area (Å²) < 4.78 is 46.5. The molecule has 11 heteroatoms. The molecule has 1 aromatic carbocycles. The van der Waals surface area contributed by atoms with E-state index in [2.05, 4.69) is 14.6 Å². The molecule has 0 N–H and O–H groups in total. The first-order valence-corrected chi connectivity index (χ1v) is 10.4. The van der Waals surface area contributed by atoms with Crippen LogP contribution >= 0.6 is 0 Å². The van der Waals surface area contributed by atoms with E-state index >= 15 is 0 Å². The summed E-state index contributed by atoms with van der Waals surface area (Å²) in [7, 11) is 0. The molecule has 8 nitrogen and oxygen atoms in total. The number of halogens is 3. The number of rotatable bonds is 5. The van der Waals surface area contributed by atoms with E-state index in [4.69, 9.17) is 4.74 Å². The molecule has 2 aliphatic heterocycles. The number of pyridine rings is 1. The summed E-state index contributed by atoms with van der Waals surface area (Å²) in [5.41, 5.74) is -0.184. The Morgan fingerprint density at radius 3 is 2.39 bits per heavy atom. The van der Waals surface area contributed by atoms with Gasteiger partial charge in [0.15, 0.2) is 0 Å². The van der Waals surface area contributed by atoms with Gasteiger partial charge >= 0.3 is 12.4 Å². The van der Waals surface area contributed by atoms with Crippen LogP contribution in [0.1, 0.15) is 19.4 Å². The quantitative estimate of drug-likeness (QED) is 0.630. The van der Waals surface area contributed by atoms with Gasteiger partial charge in [-0.05, 0) is 55.8 Å². The fraction of sp³-hybridized carbons (Fsp3) is 0.409. The lowest BCUT2D eigenvalue weighted by atomic mass is 10.0. The number of carbonyl (C=O) groups is 2. The molecule has 1 aromatic heterocycles. The van der Waals surface area contributed by atoms with Crippen molar-refractivity contribution in [1.29, 1.82) is 0 Å². The van der Waals surface area contributed by atoms with Gasteiger partial charge in [0.05, 0.1) is 18.9 Å². The highest BCUT2D eigenvalue weighted by molar-refractivity contribution is 6.22. The maximum Gasteiger partial charge on any atom is 0.573 e. The molecule has 176 valence electrons. The highest BCUT2D eigenvalue weighted by Gasteiger charge is 2.51. The second-order valence-electron chi connectivity index (χ2n) is 8.23. The Morgan fingerprint density at radius 1 is 1.09 bits per heavy atom. The Bertz CT molecular complexity index is 1040. The molecule has 0 bridgehead atoms. The number of alkyl halides is 3. The van der Waals surface area contributed by atoms with Gasteiger partial charge in [0.25, 0.3) is 5.91 Å². The van der Waals surface area contributed by atoms with Crippen LogP contribution in [-0.4, -0.2) is 60.0 Å². The molecule has 3 amide bonds. The summed E-state index contributed by atoms with van der Waals surface area (Å²) in [5, 5.41) is 0. The van der Waals surface area contributed by atoms with Crippen LogP contribution < -0.4 is 14.5 Å². The molecule has 2 saturated heterocycles. The highest BCUT2D eigenvalue weighted by atomic mass is 19.4. The number of morpholine rings is 1. The molecule has 2 fully saturated rings. The number of aromatic nitrogens is 1. The zero-order valence-electron chi connectivity index (χ0n) is 18.1. The number of carbonyl (C=O) groups excluding carboxylic acids is 2. The normalized spacial score (nSPS) is 18.8. The van der Waals surface area contributed by atoms with Gasteiger partial charge in [-0.1, -0.05) is 0 Å². The summed E-state index contributed by atoms with van der Waals surface area (Å²) in [6, 6.07) is 7.74. The number of urea groups is 1. The largest absolute Gasteiger partial charge is 0.573 e. The van der Waals surface area contributed by atoms with Crippen molar-refractivity contribution in [3.05, 3.63) is 48.2 Å². The molecular weight excluding hydrogens is 441 g/mol. The van der Waals surface area contributed by atoms with E-state index in [0.29, 0.717) is 26.3 Å². The van der Waals surface area contributed by atoms with Crippen molar-refractivity contribution in [3.8, 4) is 5.75 Å². The van der Waals surface area contributed by atoms with E-state index in [1.807, 2.05) is 6.07 Å². The lowest BCUT2D eigenvalue weighted by Gasteiger charge is -2.30. The van der Waals surface area contributed by atoms with Gasteiger partial charge in [0, 0.05) is 25.8 Å². The van der Waals surface area contributed by atoms with E-state index < -0.39 is 29.6 Å². The lowest BCUT2D eigenvalue weighted by Crippen LogP contribution is -2.43. The lowest BCUT2D eigenvalue weighted by molar-refractivity contribution is -0.274. The third kappa shape index (κ3) is 4.72. The minimum atomic E-state index is -4.83. The van der Waals surface area contributed by atoms with Crippen molar-refractivity contribution in [3.63, 3.8) is 0 Å². The van der Waals surface area contributed by atoms with Gasteiger partial charge in [0.2, 0.25) is 0 Å². The predicted molar refractivity (Wildman–Crippen MR) is 113 cm³/mol. The molecule has 4 rings (SSSR count). The molecule has 0 saturated carbocycles. The highest BCUT2D eigenvalue weighted by Crippen LogP contribution is 2.34. The number of amides is 3. The fourth-order valence-electron chi connectivity index (χ4n) is 3.83. The summed E-state index contributed by atoms with van der Waals surface area (Å²) >= 11 is 0. The second-order valence-corrected chi connectivity index (χ2v) is 8.23. The predicted octanol–water partition coefficient (Wildman–Crippen LogP) is 3.56. The average Bonchev–Trinajstić information content (AvgIpc) is 2.94. The Hall–Kier alpha value is -3.34. The number of hydrogen-bond donors (Lipinski definition) is 0. The molecule has 0 aliphatic carbocycles. The smallest absolute Gasteiger partial charge is 0.406 e. The van der Waals surface area contributed by atoms with Crippen LogP contribution in [0.3, 0.4) is 0 Å².